The maximum absolute atomic E-state index is 11.1. The van der Waals surface area contributed by atoms with Crippen LogP contribution < -0.4 is 9.47 Å². The third-order valence-electron chi connectivity index (χ3n) is 3.16. The standard InChI is InChI=1S/C17H16N2O3/c1-3-21-16-10-12(8-9-15(16)22-11(2)20)17-18-13-6-4-5-7-14(13)19-17/h4-10H,3H2,1-2H3,(H,18,19). The van der Waals surface area contributed by atoms with Gasteiger partial charge < -0.3 is 14.5 Å². The second kappa shape index (κ2) is 5.89. The number of fused-ring (bicyclic) bond motifs is 1. The van der Waals surface area contributed by atoms with Crippen LogP contribution in [0.1, 0.15) is 13.8 Å². The van der Waals surface area contributed by atoms with Gasteiger partial charge in [0.1, 0.15) is 5.82 Å². The molecule has 1 heterocycles. The van der Waals surface area contributed by atoms with E-state index in [2.05, 4.69) is 9.97 Å². The van der Waals surface area contributed by atoms with Crippen LogP contribution in [0.25, 0.3) is 22.4 Å². The van der Waals surface area contributed by atoms with Crippen LogP contribution in [-0.2, 0) is 4.79 Å². The molecule has 3 rings (SSSR count). The maximum atomic E-state index is 11.1. The van der Waals surface area contributed by atoms with Crippen molar-refractivity contribution in [3.8, 4) is 22.9 Å². The first-order valence-electron chi connectivity index (χ1n) is 7.07. The van der Waals surface area contributed by atoms with E-state index in [0.29, 0.717) is 18.1 Å². The minimum absolute atomic E-state index is 0.377. The van der Waals surface area contributed by atoms with Crippen molar-refractivity contribution in [3.05, 3.63) is 42.5 Å². The molecule has 0 fully saturated rings. The van der Waals surface area contributed by atoms with Gasteiger partial charge in [-0.3, -0.25) is 4.79 Å². The molecule has 0 amide bonds. The quantitative estimate of drug-likeness (QED) is 0.590. The number of H-pyrrole nitrogens is 1. The Morgan fingerprint density at radius 1 is 1.18 bits per heavy atom. The molecule has 0 aliphatic carbocycles. The van der Waals surface area contributed by atoms with E-state index in [4.69, 9.17) is 9.47 Å². The van der Waals surface area contributed by atoms with Crippen molar-refractivity contribution < 1.29 is 14.3 Å². The van der Waals surface area contributed by atoms with Crippen molar-refractivity contribution in [2.45, 2.75) is 13.8 Å². The Balaban J connectivity index is 2.03. The van der Waals surface area contributed by atoms with Gasteiger partial charge in [0.2, 0.25) is 0 Å². The average molecular weight is 296 g/mol. The van der Waals surface area contributed by atoms with E-state index >= 15 is 0 Å². The number of para-hydroxylation sites is 2. The third-order valence-corrected chi connectivity index (χ3v) is 3.16. The number of imidazole rings is 1. The fourth-order valence-corrected chi connectivity index (χ4v) is 2.25. The van der Waals surface area contributed by atoms with Crippen LogP contribution in [0.2, 0.25) is 0 Å². The van der Waals surface area contributed by atoms with E-state index in [1.807, 2.05) is 43.3 Å². The van der Waals surface area contributed by atoms with Crippen molar-refractivity contribution in [3.63, 3.8) is 0 Å². The summed E-state index contributed by atoms with van der Waals surface area (Å²) < 4.78 is 10.7. The number of hydrogen-bond acceptors (Lipinski definition) is 4. The highest BCUT2D eigenvalue weighted by Gasteiger charge is 2.12. The second-order valence-corrected chi connectivity index (χ2v) is 4.79. The summed E-state index contributed by atoms with van der Waals surface area (Å²) in [5.41, 5.74) is 2.74. The molecule has 0 saturated carbocycles. The van der Waals surface area contributed by atoms with Gasteiger partial charge in [-0.25, -0.2) is 4.98 Å². The zero-order valence-corrected chi connectivity index (χ0v) is 12.4. The van der Waals surface area contributed by atoms with Gasteiger partial charge in [0.25, 0.3) is 0 Å². The number of ether oxygens (including phenoxy) is 2. The summed E-state index contributed by atoms with van der Waals surface area (Å²) in [4.78, 5) is 19.0. The van der Waals surface area contributed by atoms with Gasteiger partial charge in [-0.05, 0) is 37.3 Å². The largest absolute Gasteiger partial charge is 0.490 e. The predicted octanol–water partition coefficient (Wildman–Crippen LogP) is 3.55. The van der Waals surface area contributed by atoms with Gasteiger partial charge in [-0.2, -0.15) is 0 Å². The number of carbonyl (C=O) groups excluding carboxylic acids is 1. The molecule has 0 atom stereocenters. The highest BCUT2D eigenvalue weighted by molar-refractivity contribution is 5.80. The molecule has 0 aliphatic heterocycles. The van der Waals surface area contributed by atoms with Crippen molar-refractivity contribution in [1.82, 2.24) is 9.97 Å². The molecular weight excluding hydrogens is 280 g/mol. The molecule has 112 valence electrons. The molecule has 2 aromatic carbocycles. The van der Waals surface area contributed by atoms with Crippen molar-refractivity contribution in [2.75, 3.05) is 6.61 Å². The number of rotatable bonds is 4. The summed E-state index contributed by atoms with van der Waals surface area (Å²) in [5.74, 6) is 1.30. The monoisotopic (exact) mass is 296 g/mol. The van der Waals surface area contributed by atoms with E-state index in [1.165, 1.54) is 6.92 Å². The van der Waals surface area contributed by atoms with Gasteiger partial charge in [-0.15, -0.1) is 0 Å². The molecule has 0 unspecified atom stereocenters. The number of aromatic amines is 1. The Bertz CT molecular complexity index is 791. The molecule has 0 saturated heterocycles. The minimum Gasteiger partial charge on any atom is -0.490 e. The second-order valence-electron chi connectivity index (χ2n) is 4.79. The molecule has 1 aromatic heterocycles. The number of aromatic nitrogens is 2. The molecule has 5 nitrogen and oxygen atoms in total. The molecule has 0 spiro atoms. The van der Waals surface area contributed by atoms with Crippen molar-refractivity contribution in [2.24, 2.45) is 0 Å². The average Bonchev–Trinajstić information content (AvgIpc) is 2.92. The number of nitrogens with one attached hydrogen (secondary N) is 1. The molecule has 0 aliphatic rings. The summed E-state index contributed by atoms with van der Waals surface area (Å²) in [6.07, 6.45) is 0. The molecule has 0 bridgehead atoms. The first-order valence-corrected chi connectivity index (χ1v) is 7.07. The van der Waals surface area contributed by atoms with Crippen LogP contribution in [-0.4, -0.2) is 22.5 Å². The lowest BCUT2D eigenvalue weighted by Gasteiger charge is -2.10. The van der Waals surface area contributed by atoms with Crippen LogP contribution in [0, 0.1) is 0 Å². The van der Waals surface area contributed by atoms with Gasteiger partial charge in [0.15, 0.2) is 11.5 Å². The van der Waals surface area contributed by atoms with E-state index < -0.39 is 0 Å². The number of esters is 1. The fraction of sp³-hybridized carbons (Fsp3) is 0.176. The topological polar surface area (TPSA) is 64.2 Å². The van der Waals surface area contributed by atoms with Gasteiger partial charge in [0, 0.05) is 12.5 Å². The molecule has 22 heavy (non-hydrogen) atoms. The lowest BCUT2D eigenvalue weighted by atomic mass is 10.2. The summed E-state index contributed by atoms with van der Waals surface area (Å²) in [6, 6.07) is 13.2. The summed E-state index contributed by atoms with van der Waals surface area (Å²) in [5, 5.41) is 0. The van der Waals surface area contributed by atoms with Gasteiger partial charge in [-0.1, -0.05) is 12.1 Å². The minimum atomic E-state index is -0.377. The zero-order valence-electron chi connectivity index (χ0n) is 12.4. The van der Waals surface area contributed by atoms with Gasteiger partial charge >= 0.3 is 5.97 Å². The highest BCUT2D eigenvalue weighted by atomic mass is 16.6. The number of benzene rings is 2. The SMILES string of the molecule is CCOc1cc(-c2nc3ccccc3[nH]2)ccc1OC(C)=O. The summed E-state index contributed by atoms with van der Waals surface area (Å²) in [7, 11) is 0. The third kappa shape index (κ3) is 2.79. The van der Waals surface area contributed by atoms with Crippen LogP contribution in [0.4, 0.5) is 0 Å². The van der Waals surface area contributed by atoms with Gasteiger partial charge in [0.05, 0.1) is 17.6 Å². The van der Waals surface area contributed by atoms with Crippen LogP contribution in [0.5, 0.6) is 11.5 Å². The number of hydrogen-bond donors (Lipinski definition) is 1. The lowest BCUT2D eigenvalue weighted by molar-refractivity contribution is -0.132. The Morgan fingerprint density at radius 3 is 2.73 bits per heavy atom. The van der Waals surface area contributed by atoms with Crippen molar-refractivity contribution >= 4 is 17.0 Å². The zero-order chi connectivity index (χ0) is 15.5. The van der Waals surface area contributed by atoms with E-state index in [-0.39, 0.29) is 5.97 Å². The molecule has 1 N–H and O–H groups in total. The predicted molar refractivity (Wildman–Crippen MR) is 84.0 cm³/mol. The number of nitrogens with zero attached hydrogens (tertiary/aromatic N) is 1. The van der Waals surface area contributed by atoms with E-state index in [1.54, 1.807) is 6.07 Å². The van der Waals surface area contributed by atoms with Crippen molar-refractivity contribution in [1.29, 1.82) is 0 Å². The highest BCUT2D eigenvalue weighted by Crippen LogP contribution is 2.32. The summed E-state index contributed by atoms with van der Waals surface area (Å²) >= 11 is 0. The Labute approximate surface area is 127 Å². The van der Waals surface area contributed by atoms with Crippen LogP contribution in [0.3, 0.4) is 0 Å². The van der Waals surface area contributed by atoms with Crippen LogP contribution in [0.15, 0.2) is 42.5 Å². The first-order chi connectivity index (χ1) is 10.7. The van der Waals surface area contributed by atoms with E-state index in [9.17, 15) is 4.79 Å². The molecule has 0 radical (unpaired) electrons. The Kier molecular flexibility index (Phi) is 3.78. The lowest BCUT2D eigenvalue weighted by Crippen LogP contribution is -2.04. The Hall–Kier alpha value is -2.82. The molecular formula is C17H16N2O3. The van der Waals surface area contributed by atoms with Crippen LogP contribution >= 0.6 is 0 Å². The molecule has 5 heteroatoms. The normalized spacial score (nSPS) is 10.6. The number of carbonyl (C=O) groups is 1. The maximum Gasteiger partial charge on any atom is 0.308 e. The summed E-state index contributed by atoms with van der Waals surface area (Å²) in [6.45, 7) is 3.73. The Morgan fingerprint density at radius 2 is 2.00 bits per heavy atom. The fourth-order valence-electron chi connectivity index (χ4n) is 2.25. The smallest absolute Gasteiger partial charge is 0.308 e. The van der Waals surface area contributed by atoms with E-state index in [0.717, 1.165) is 22.4 Å². The first kappa shape index (κ1) is 14.1. The molecule has 3 aromatic rings.